The molecule has 0 aromatic rings. The zero-order chi connectivity index (χ0) is 12.6. The summed E-state index contributed by atoms with van der Waals surface area (Å²) in [5, 5.41) is 3.02. The lowest BCUT2D eigenvalue weighted by molar-refractivity contribution is -0.128. The Labute approximate surface area is 108 Å². The van der Waals surface area contributed by atoms with E-state index in [9.17, 15) is 4.79 Å². The largest absolute Gasteiger partial charge is 0.382 e. The molecular weight excluding hydrogens is 242 g/mol. The first-order valence-electron chi connectivity index (χ1n) is 6.16. The summed E-state index contributed by atoms with van der Waals surface area (Å²) in [6.45, 7) is 1.04. The van der Waals surface area contributed by atoms with Gasteiger partial charge in [0.25, 0.3) is 0 Å². The van der Waals surface area contributed by atoms with Crippen molar-refractivity contribution in [1.29, 1.82) is 0 Å². The second-order valence-corrected chi connectivity index (χ2v) is 4.84. The minimum atomic E-state index is -0.207. The van der Waals surface area contributed by atoms with Gasteiger partial charge in [-0.3, -0.25) is 4.79 Å². The van der Waals surface area contributed by atoms with Crippen LogP contribution >= 0.6 is 11.6 Å². The first-order chi connectivity index (χ1) is 8.22. The molecule has 1 aliphatic carbocycles. The van der Waals surface area contributed by atoms with Crippen molar-refractivity contribution in [2.45, 2.75) is 37.6 Å². The van der Waals surface area contributed by atoms with E-state index in [1.165, 1.54) is 6.42 Å². The zero-order valence-corrected chi connectivity index (χ0v) is 11.2. The van der Waals surface area contributed by atoms with Crippen LogP contribution < -0.4 is 5.32 Å². The van der Waals surface area contributed by atoms with Gasteiger partial charge in [-0.15, -0.1) is 11.6 Å². The fraction of sp³-hybridized carbons (Fsp3) is 0.917. The van der Waals surface area contributed by atoms with E-state index in [1.54, 1.807) is 7.11 Å². The molecule has 4 nitrogen and oxygen atoms in total. The Morgan fingerprint density at radius 3 is 2.59 bits per heavy atom. The normalized spacial score (nSPS) is 18.9. The highest BCUT2D eigenvalue weighted by atomic mass is 35.5. The first-order valence-corrected chi connectivity index (χ1v) is 6.69. The van der Waals surface area contributed by atoms with E-state index in [0.717, 1.165) is 25.7 Å². The number of amides is 1. The van der Waals surface area contributed by atoms with E-state index in [4.69, 9.17) is 21.1 Å². The third-order valence-electron chi connectivity index (χ3n) is 3.14. The standard InChI is InChI=1S/C12H22ClNO3/c1-16-7-8-17-9-11(15)14-12(10-13)5-3-2-4-6-12/h2-10H2,1H3,(H,14,15). The Balaban J connectivity index is 2.27. The number of hydrogen-bond donors (Lipinski definition) is 1. The quantitative estimate of drug-likeness (QED) is 0.562. The summed E-state index contributed by atoms with van der Waals surface area (Å²) in [7, 11) is 1.61. The van der Waals surface area contributed by atoms with Crippen LogP contribution in [0.5, 0.6) is 0 Å². The summed E-state index contributed by atoms with van der Waals surface area (Å²) >= 11 is 5.99. The molecule has 1 N–H and O–H groups in total. The molecule has 1 fully saturated rings. The Morgan fingerprint density at radius 2 is 2.00 bits per heavy atom. The second-order valence-electron chi connectivity index (χ2n) is 4.57. The number of halogens is 1. The predicted octanol–water partition coefficient (Wildman–Crippen LogP) is 1.71. The Kier molecular flexibility index (Phi) is 6.85. The van der Waals surface area contributed by atoms with Crippen LogP contribution in [-0.4, -0.2) is 44.3 Å². The summed E-state index contributed by atoms with van der Waals surface area (Å²) in [4.78, 5) is 11.7. The SMILES string of the molecule is COCCOCC(=O)NC1(CCl)CCCCC1. The van der Waals surface area contributed by atoms with Crippen molar-refractivity contribution in [1.82, 2.24) is 5.32 Å². The maximum absolute atomic E-state index is 11.7. The lowest BCUT2D eigenvalue weighted by atomic mass is 9.83. The molecule has 1 rings (SSSR count). The van der Waals surface area contributed by atoms with Gasteiger partial charge in [0.05, 0.1) is 18.8 Å². The molecule has 0 spiro atoms. The van der Waals surface area contributed by atoms with Gasteiger partial charge in [0.15, 0.2) is 0 Å². The molecule has 0 aromatic carbocycles. The monoisotopic (exact) mass is 263 g/mol. The predicted molar refractivity (Wildman–Crippen MR) is 67.4 cm³/mol. The van der Waals surface area contributed by atoms with Crippen molar-refractivity contribution in [3.8, 4) is 0 Å². The van der Waals surface area contributed by atoms with E-state index in [-0.39, 0.29) is 18.1 Å². The molecule has 17 heavy (non-hydrogen) atoms. The third kappa shape index (κ3) is 5.23. The molecule has 1 amide bonds. The minimum Gasteiger partial charge on any atom is -0.382 e. The maximum atomic E-state index is 11.7. The summed E-state index contributed by atoms with van der Waals surface area (Å²) in [5.41, 5.74) is -0.207. The average Bonchev–Trinajstić information content (AvgIpc) is 2.36. The van der Waals surface area contributed by atoms with Crippen LogP contribution in [0.15, 0.2) is 0 Å². The number of nitrogens with one attached hydrogen (secondary N) is 1. The molecule has 0 aromatic heterocycles. The van der Waals surface area contributed by atoms with Crippen molar-refractivity contribution >= 4 is 17.5 Å². The summed E-state index contributed by atoms with van der Waals surface area (Å²) in [5.74, 6) is 0.403. The fourth-order valence-electron chi connectivity index (χ4n) is 2.16. The van der Waals surface area contributed by atoms with E-state index in [0.29, 0.717) is 19.1 Å². The molecule has 1 aliphatic rings. The topological polar surface area (TPSA) is 47.6 Å². The number of carbonyl (C=O) groups excluding carboxylic acids is 1. The van der Waals surface area contributed by atoms with Crippen molar-refractivity contribution in [2.75, 3.05) is 32.8 Å². The van der Waals surface area contributed by atoms with Gasteiger partial charge in [-0.25, -0.2) is 0 Å². The van der Waals surface area contributed by atoms with Crippen molar-refractivity contribution in [3.63, 3.8) is 0 Å². The number of ether oxygens (including phenoxy) is 2. The van der Waals surface area contributed by atoms with Gasteiger partial charge in [-0.1, -0.05) is 19.3 Å². The smallest absolute Gasteiger partial charge is 0.246 e. The van der Waals surface area contributed by atoms with Gasteiger partial charge in [0.1, 0.15) is 6.61 Å². The lowest BCUT2D eigenvalue weighted by Gasteiger charge is -2.36. The van der Waals surface area contributed by atoms with Crippen LogP contribution in [-0.2, 0) is 14.3 Å². The third-order valence-corrected chi connectivity index (χ3v) is 3.65. The van der Waals surface area contributed by atoms with E-state index < -0.39 is 0 Å². The molecule has 5 heteroatoms. The van der Waals surface area contributed by atoms with Crippen LogP contribution in [0.2, 0.25) is 0 Å². The minimum absolute atomic E-state index is 0.0800. The van der Waals surface area contributed by atoms with Crippen molar-refractivity contribution in [3.05, 3.63) is 0 Å². The summed E-state index contributed by atoms with van der Waals surface area (Å²) in [6.07, 6.45) is 5.45. The van der Waals surface area contributed by atoms with Gasteiger partial charge in [-0.05, 0) is 12.8 Å². The highest BCUT2D eigenvalue weighted by Crippen LogP contribution is 2.29. The van der Waals surface area contributed by atoms with Crippen LogP contribution in [0.4, 0.5) is 0 Å². The van der Waals surface area contributed by atoms with Gasteiger partial charge >= 0.3 is 0 Å². The zero-order valence-electron chi connectivity index (χ0n) is 10.5. The van der Waals surface area contributed by atoms with Crippen molar-refractivity contribution < 1.29 is 14.3 Å². The first kappa shape index (κ1) is 14.7. The van der Waals surface area contributed by atoms with Crippen LogP contribution in [0.1, 0.15) is 32.1 Å². The number of rotatable bonds is 7. The van der Waals surface area contributed by atoms with E-state index in [2.05, 4.69) is 5.32 Å². The molecule has 0 heterocycles. The number of methoxy groups -OCH3 is 1. The lowest BCUT2D eigenvalue weighted by Crippen LogP contribution is -2.52. The highest BCUT2D eigenvalue weighted by molar-refractivity contribution is 6.18. The maximum Gasteiger partial charge on any atom is 0.246 e. The summed E-state index contributed by atoms with van der Waals surface area (Å²) < 4.78 is 10.0. The fourth-order valence-corrected chi connectivity index (χ4v) is 2.49. The van der Waals surface area contributed by atoms with Gasteiger partial charge in [0.2, 0.25) is 5.91 Å². The number of hydrogen-bond acceptors (Lipinski definition) is 3. The van der Waals surface area contributed by atoms with Gasteiger partial charge in [-0.2, -0.15) is 0 Å². The molecule has 100 valence electrons. The molecule has 0 aliphatic heterocycles. The second kappa shape index (κ2) is 7.90. The molecule has 0 unspecified atom stereocenters. The Bertz CT molecular complexity index is 230. The molecule has 0 saturated heterocycles. The number of carbonyl (C=O) groups is 1. The Morgan fingerprint density at radius 1 is 1.29 bits per heavy atom. The molecule has 0 atom stereocenters. The Hall–Kier alpha value is -0.320. The van der Waals surface area contributed by atoms with E-state index in [1.807, 2.05) is 0 Å². The highest BCUT2D eigenvalue weighted by Gasteiger charge is 2.32. The van der Waals surface area contributed by atoms with Gasteiger partial charge < -0.3 is 14.8 Å². The molecule has 0 bridgehead atoms. The summed E-state index contributed by atoms with van der Waals surface area (Å²) in [6, 6.07) is 0. The van der Waals surface area contributed by atoms with Gasteiger partial charge in [0, 0.05) is 13.0 Å². The van der Waals surface area contributed by atoms with Crippen molar-refractivity contribution in [2.24, 2.45) is 0 Å². The van der Waals surface area contributed by atoms with Crippen LogP contribution in [0.25, 0.3) is 0 Å². The molecule has 0 radical (unpaired) electrons. The molecular formula is C12H22ClNO3. The molecule has 1 saturated carbocycles. The van der Waals surface area contributed by atoms with E-state index >= 15 is 0 Å². The number of alkyl halides is 1. The van der Waals surface area contributed by atoms with Crippen LogP contribution in [0.3, 0.4) is 0 Å². The average molecular weight is 264 g/mol. The van der Waals surface area contributed by atoms with Crippen LogP contribution in [0, 0.1) is 0 Å².